The standard InChI is InChI=1S/C20H12F3N/c21-20(22,23)16-8-5-13(6-9-16)17-3-1-2-4-18(17)14-7-10-19-15(11-14)12-24-19/h1-12H. The number of rotatable bonds is 2. The predicted molar refractivity (Wildman–Crippen MR) is 89.6 cm³/mol. The minimum Gasteiger partial charge on any atom is -0.255 e. The van der Waals surface area contributed by atoms with E-state index in [0.29, 0.717) is 0 Å². The molecule has 0 unspecified atom stereocenters. The molecule has 0 atom stereocenters. The Kier molecular flexibility index (Phi) is 3.27. The SMILES string of the molecule is FC(F)(F)c1ccc(-c2ccccc2-c2ccc3c(c2)C=N3)cc1. The second-order valence-electron chi connectivity index (χ2n) is 5.65. The molecule has 0 amide bonds. The second-order valence-corrected chi connectivity index (χ2v) is 5.65. The van der Waals surface area contributed by atoms with Crippen LogP contribution in [-0.4, -0.2) is 6.21 Å². The molecule has 118 valence electrons. The molecule has 1 aliphatic heterocycles. The molecule has 1 heterocycles. The second kappa shape index (κ2) is 5.34. The summed E-state index contributed by atoms with van der Waals surface area (Å²) >= 11 is 0. The van der Waals surface area contributed by atoms with Crippen molar-refractivity contribution < 1.29 is 13.2 Å². The van der Waals surface area contributed by atoms with Gasteiger partial charge in [0.2, 0.25) is 0 Å². The third kappa shape index (κ3) is 2.50. The average molecular weight is 323 g/mol. The van der Waals surface area contributed by atoms with E-state index in [2.05, 4.69) is 4.99 Å². The quantitative estimate of drug-likeness (QED) is 0.422. The van der Waals surface area contributed by atoms with Gasteiger partial charge in [-0.3, -0.25) is 4.99 Å². The summed E-state index contributed by atoms with van der Waals surface area (Å²) in [6.07, 6.45) is -2.52. The summed E-state index contributed by atoms with van der Waals surface area (Å²) in [6, 6.07) is 19.0. The fourth-order valence-corrected chi connectivity index (χ4v) is 2.84. The molecule has 1 nitrogen and oxygen atoms in total. The molecule has 24 heavy (non-hydrogen) atoms. The molecule has 0 radical (unpaired) electrons. The van der Waals surface area contributed by atoms with Gasteiger partial charge in [-0.25, -0.2) is 0 Å². The van der Waals surface area contributed by atoms with Crippen LogP contribution in [0.3, 0.4) is 0 Å². The molecule has 0 saturated heterocycles. The van der Waals surface area contributed by atoms with E-state index in [0.717, 1.165) is 45.6 Å². The highest BCUT2D eigenvalue weighted by Crippen LogP contribution is 2.37. The van der Waals surface area contributed by atoms with E-state index in [-0.39, 0.29) is 0 Å². The summed E-state index contributed by atoms with van der Waals surface area (Å²) < 4.78 is 38.2. The lowest BCUT2D eigenvalue weighted by molar-refractivity contribution is -0.137. The number of hydrogen-bond donors (Lipinski definition) is 0. The van der Waals surface area contributed by atoms with Crippen LogP contribution in [0.25, 0.3) is 22.3 Å². The Labute approximate surface area is 137 Å². The fourth-order valence-electron chi connectivity index (χ4n) is 2.84. The Morgan fingerprint density at radius 2 is 1.33 bits per heavy atom. The van der Waals surface area contributed by atoms with E-state index in [1.165, 1.54) is 12.1 Å². The first kappa shape index (κ1) is 14.7. The monoisotopic (exact) mass is 323 g/mol. The highest BCUT2D eigenvalue weighted by molar-refractivity contribution is 5.98. The molecule has 0 aromatic heterocycles. The van der Waals surface area contributed by atoms with Crippen LogP contribution in [0, 0.1) is 0 Å². The Bertz CT molecular complexity index is 938. The van der Waals surface area contributed by atoms with Crippen molar-refractivity contribution in [2.24, 2.45) is 4.99 Å². The van der Waals surface area contributed by atoms with Gasteiger partial charge >= 0.3 is 6.18 Å². The van der Waals surface area contributed by atoms with Crippen LogP contribution in [0.4, 0.5) is 18.9 Å². The van der Waals surface area contributed by atoms with Crippen LogP contribution in [-0.2, 0) is 6.18 Å². The van der Waals surface area contributed by atoms with Crippen molar-refractivity contribution in [2.45, 2.75) is 6.18 Å². The number of nitrogens with zero attached hydrogens (tertiary/aromatic N) is 1. The topological polar surface area (TPSA) is 12.4 Å². The van der Waals surface area contributed by atoms with Crippen molar-refractivity contribution in [3.05, 3.63) is 77.9 Å². The van der Waals surface area contributed by atoms with Crippen LogP contribution >= 0.6 is 0 Å². The number of benzene rings is 3. The van der Waals surface area contributed by atoms with E-state index in [1.807, 2.05) is 42.5 Å². The van der Waals surface area contributed by atoms with E-state index < -0.39 is 11.7 Å². The number of fused-ring (bicyclic) bond motifs is 1. The zero-order valence-corrected chi connectivity index (χ0v) is 12.5. The first-order chi connectivity index (χ1) is 11.5. The Balaban J connectivity index is 1.78. The molecule has 4 rings (SSSR count). The molecule has 3 aromatic rings. The molecule has 0 spiro atoms. The van der Waals surface area contributed by atoms with Gasteiger partial charge < -0.3 is 0 Å². The smallest absolute Gasteiger partial charge is 0.255 e. The van der Waals surface area contributed by atoms with Crippen molar-refractivity contribution in [3.63, 3.8) is 0 Å². The third-order valence-electron chi connectivity index (χ3n) is 4.13. The minimum absolute atomic E-state index is 0.638. The molecule has 1 aliphatic rings. The lowest BCUT2D eigenvalue weighted by Crippen LogP contribution is -2.04. The van der Waals surface area contributed by atoms with Gasteiger partial charge in [-0.1, -0.05) is 42.5 Å². The summed E-state index contributed by atoms with van der Waals surface area (Å²) in [5.74, 6) is 0. The van der Waals surface area contributed by atoms with Crippen molar-refractivity contribution in [3.8, 4) is 22.3 Å². The molecule has 0 fully saturated rings. The van der Waals surface area contributed by atoms with E-state index >= 15 is 0 Å². The first-order valence-corrected chi connectivity index (χ1v) is 7.47. The number of alkyl halides is 3. The van der Waals surface area contributed by atoms with Gasteiger partial charge in [-0.2, -0.15) is 13.2 Å². The maximum absolute atomic E-state index is 12.7. The van der Waals surface area contributed by atoms with Crippen LogP contribution < -0.4 is 0 Å². The molecule has 4 heteroatoms. The van der Waals surface area contributed by atoms with Crippen molar-refractivity contribution in [1.82, 2.24) is 0 Å². The predicted octanol–water partition coefficient (Wildman–Crippen LogP) is 6.10. The number of halogens is 3. The summed E-state index contributed by atoms with van der Waals surface area (Å²) in [6.45, 7) is 0. The molecule has 0 aliphatic carbocycles. The summed E-state index contributed by atoms with van der Waals surface area (Å²) in [7, 11) is 0. The van der Waals surface area contributed by atoms with Crippen LogP contribution in [0.1, 0.15) is 11.1 Å². The third-order valence-corrected chi connectivity index (χ3v) is 4.13. The lowest BCUT2D eigenvalue weighted by Gasteiger charge is -2.15. The van der Waals surface area contributed by atoms with Crippen molar-refractivity contribution in [1.29, 1.82) is 0 Å². The Hall–Kier alpha value is -2.88. The fraction of sp³-hybridized carbons (Fsp3) is 0.0500. The van der Waals surface area contributed by atoms with E-state index in [9.17, 15) is 13.2 Å². The lowest BCUT2D eigenvalue weighted by atomic mass is 9.92. The van der Waals surface area contributed by atoms with Crippen LogP contribution in [0.2, 0.25) is 0 Å². The number of aliphatic imine (C=N–C) groups is 1. The van der Waals surface area contributed by atoms with Gasteiger partial charge in [0.15, 0.2) is 0 Å². The minimum atomic E-state index is -4.32. The van der Waals surface area contributed by atoms with Gasteiger partial charge in [-0.05, 0) is 46.5 Å². The van der Waals surface area contributed by atoms with Gasteiger partial charge in [0.25, 0.3) is 0 Å². The zero-order valence-electron chi connectivity index (χ0n) is 12.5. The summed E-state index contributed by atoms with van der Waals surface area (Å²) in [4.78, 5) is 4.15. The Morgan fingerprint density at radius 3 is 1.88 bits per heavy atom. The van der Waals surface area contributed by atoms with Gasteiger partial charge in [0, 0.05) is 11.8 Å². The largest absolute Gasteiger partial charge is 0.416 e. The first-order valence-electron chi connectivity index (χ1n) is 7.47. The highest BCUT2D eigenvalue weighted by Gasteiger charge is 2.30. The van der Waals surface area contributed by atoms with Crippen LogP contribution in [0.15, 0.2) is 71.7 Å². The molecule has 0 N–H and O–H groups in total. The zero-order chi connectivity index (χ0) is 16.7. The maximum Gasteiger partial charge on any atom is 0.416 e. The van der Waals surface area contributed by atoms with Crippen molar-refractivity contribution >= 4 is 11.9 Å². The average Bonchev–Trinajstić information content (AvgIpc) is 2.55. The number of hydrogen-bond acceptors (Lipinski definition) is 1. The highest BCUT2D eigenvalue weighted by atomic mass is 19.4. The van der Waals surface area contributed by atoms with Gasteiger partial charge in [0.05, 0.1) is 11.3 Å². The van der Waals surface area contributed by atoms with Crippen molar-refractivity contribution in [2.75, 3.05) is 0 Å². The summed E-state index contributed by atoms with van der Waals surface area (Å²) in [5.41, 5.74) is 5.08. The normalized spacial score (nSPS) is 12.6. The molecule has 0 saturated carbocycles. The molecular formula is C20H12F3N. The Morgan fingerprint density at radius 1 is 0.708 bits per heavy atom. The van der Waals surface area contributed by atoms with E-state index in [1.54, 1.807) is 6.21 Å². The maximum atomic E-state index is 12.7. The molecular weight excluding hydrogens is 311 g/mol. The summed E-state index contributed by atoms with van der Waals surface area (Å²) in [5, 5.41) is 0. The molecule has 0 bridgehead atoms. The van der Waals surface area contributed by atoms with Gasteiger partial charge in [-0.15, -0.1) is 0 Å². The molecule has 3 aromatic carbocycles. The van der Waals surface area contributed by atoms with E-state index in [4.69, 9.17) is 0 Å². The van der Waals surface area contributed by atoms with Gasteiger partial charge in [0.1, 0.15) is 0 Å². The van der Waals surface area contributed by atoms with Crippen LogP contribution in [0.5, 0.6) is 0 Å².